The summed E-state index contributed by atoms with van der Waals surface area (Å²) in [7, 11) is 0. The highest BCUT2D eigenvalue weighted by Crippen LogP contribution is 2.34. The van der Waals surface area contributed by atoms with Crippen molar-refractivity contribution in [2.45, 2.75) is 38.3 Å². The number of rotatable bonds is 5. The van der Waals surface area contributed by atoms with Gasteiger partial charge in [-0.25, -0.2) is 18.4 Å². The summed E-state index contributed by atoms with van der Waals surface area (Å²) in [6, 6.07) is 10.9. The number of aromatic amines is 1. The fourth-order valence-corrected chi connectivity index (χ4v) is 5.24. The van der Waals surface area contributed by atoms with Crippen LogP contribution in [-0.4, -0.2) is 54.6 Å². The van der Waals surface area contributed by atoms with Crippen molar-refractivity contribution in [3.63, 3.8) is 0 Å². The van der Waals surface area contributed by atoms with E-state index in [4.69, 9.17) is 5.73 Å². The number of nitrogens with two attached hydrogens (primary N) is 1. The number of ketones is 1. The number of aromatic nitrogens is 4. The van der Waals surface area contributed by atoms with E-state index in [1.54, 1.807) is 18.2 Å². The van der Waals surface area contributed by atoms with Gasteiger partial charge in [0.2, 0.25) is 0 Å². The van der Waals surface area contributed by atoms with Crippen LogP contribution >= 0.6 is 0 Å². The molecule has 6 rings (SSSR count). The molecule has 37 heavy (non-hydrogen) atoms. The molecule has 0 amide bonds. The van der Waals surface area contributed by atoms with E-state index < -0.39 is 18.7 Å². The number of anilines is 1. The Hall–Kier alpha value is -3.89. The van der Waals surface area contributed by atoms with Gasteiger partial charge >= 0.3 is 0 Å². The number of alkyl halides is 2. The average Bonchev–Trinajstić information content (AvgIpc) is 3.56. The predicted molar refractivity (Wildman–Crippen MR) is 136 cm³/mol. The van der Waals surface area contributed by atoms with Gasteiger partial charge in [0, 0.05) is 25.0 Å². The van der Waals surface area contributed by atoms with Crippen LogP contribution in [0.4, 0.5) is 14.6 Å². The molecule has 1 aliphatic heterocycles. The van der Waals surface area contributed by atoms with Crippen molar-refractivity contribution >= 4 is 28.7 Å². The van der Waals surface area contributed by atoms with E-state index in [0.717, 1.165) is 28.0 Å². The fraction of sp³-hybridized carbons (Fsp3) is 0.296. The number of nitrogen functional groups attached to an aromatic ring is 1. The number of aliphatic hydroxyl groups is 1. The van der Waals surface area contributed by atoms with E-state index in [1.165, 1.54) is 15.8 Å². The molecule has 2 aromatic carbocycles. The van der Waals surface area contributed by atoms with Crippen molar-refractivity contribution in [2.24, 2.45) is 0 Å². The number of benzene rings is 2. The van der Waals surface area contributed by atoms with Crippen LogP contribution in [0.5, 0.6) is 0 Å². The number of Topliss-reactive ketones (excluding diaryl/α,β-unsaturated/α-hetero) is 1. The van der Waals surface area contributed by atoms with Crippen LogP contribution in [-0.2, 0) is 6.42 Å². The first-order valence-electron chi connectivity index (χ1n) is 12.2. The number of hydrogen-bond donors (Lipinski definition) is 3. The first-order valence-corrected chi connectivity index (χ1v) is 12.2. The molecule has 0 radical (unpaired) electrons. The minimum atomic E-state index is -2.80. The highest BCUT2D eigenvalue weighted by Gasteiger charge is 2.38. The fourth-order valence-electron chi connectivity index (χ4n) is 5.24. The number of carbonyl (C=O) groups excluding carboxylic acids is 1. The number of carbonyl (C=O) groups is 1. The molecule has 4 aromatic rings. The number of fused-ring (bicyclic) bond motifs is 2. The Morgan fingerprint density at radius 3 is 2.89 bits per heavy atom. The second-order valence-corrected chi connectivity index (χ2v) is 9.82. The van der Waals surface area contributed by atoms with E-state index in [0.29, 0.717) is 41.8 Å². The van der Waals surface area contributed by atoms with Crippen LogP contribution in [0.3, 0.4) is 0 Å². The van der Waals surface area contributed by atoms with E-state index in [-0.39, 0.29) is 18.0 Å². The molecule has 10 heteroatoms. The highest BCUT2D eigenvalue weighted by molar-refractivity contribution is 6.15. The highest BCUT2D eigenvalue weighted by atomic mass is 19.3. The second kappa shape index (κ2) is 8.60. The molecule has 0 saturated carbocycles. The number of nitrogens with zero attached hydrogens (tertiary/aromatic N) is 4. The van der Waals surface area contributed by atoms with Crippen molar-refractivity contribution in [2.75, 3.05) is 18.8 Å². The Labute approximate surface area is 211 Å². The third kappa shape index (κ3) is 4.21. The predicted octanol–water partition coefficient (Wildman–Crippen LogP) is 4.18. The molecule has 4 N–H and O–H groups in total. The molecule has 1 saturated heterocycles. The van der Waals surface area contributed by atoms with Gasteiger partial charge in [-0.3, -0.25) is 9.69 Å². The van der Waals surface area contributed by atoms with Gasteiger partial charge in [-0.1, -0.05) is 12.1 Å². The number of allylic oxidation sites excluding steroid dienone is 1. The number of likely N-dealkylation sites (tertiary alicyclic amines) is 1. The largest absolute Gasteiger partial charge is 0.383 e. The molecule has 2 aliphatic rings. The molecule has 0 spiro atoms. The second-order valence-electron chi connectivity index (χ2n) is 9.82. The summed E-state index contributed by atoms with van der Waals surface area (Å²) >= 11 is 0. The first kappa shape index (κ1) is 23.5. The summed E-state index contributed by atoms with van der Waals surface area (Å²) in [6.07, 6.45) is 2.69. The summed E-state index contributed by atoms with van der Waals surface area (Å²) in [5, 5.41) is 15.1. The van der Waals surface area contributed by atoms with Crippen LogP contribution in [0, 0.1) is 6.92 Å². The monoisotopic (exact) mass is 504 g/mol. The summed E-state index contributed by atoms with van der Waals surface area (Å²) in [5.41, 5.74) is 11.8. The van der Waals surface area contributed by atoms with Gasteiger partial charge in [-0.15, -0.1) is 0 Å². The number of hydrogen-bond acceptors (Lipinski definition) is 6. The summed E-state index contributed by atoms with van der Waals surface area (Å²) in [5.74, 6) is -1.99. The van der Waals surface area contributed by atoms with E-state index >= 15 is 0 Å². The van der Waals surface area contributed by atoms with Gasteiger partial charge < -0.3 is 15.8 Å². The van der Waals surface area contributed by atoms with Gasteiger partial charge in [0.1, 0.15) is 17.9 Å². The van der Waals surface area contributed by atoms with Crippen LogP contribution < -0.4 is 5.73 Å². The van der Waals surface area contributed by atoms with Crippen molar-refractivity contribution < 1.29 is 18.7 Å². The number of piperidine rings is 1. The third-order valence-corrected chi connectivity index (χ3v) is 7.12. The van der Waals surface area contributed by atoms with Gasteiger partial charge in [0.25, 0.3) is 5.92 Å². The lowest BCUT2D eigenvalue weighted by Crippen LogP contribution is -2.44. The molecule has 190 valence electrons. The Kier molecular flexibility index (Phi) is 5.46. The van der Waals surface area contributed by atoms with Gasteiger partial charge in [-0.2, -0.15) is 5.10 Å². The van der Waals surface area contributed by atoms with Gasteiger partial charge in [0.05, 0.1) is 35.0 Å². The Morgan fingerprint density at radius 2 is 2.08 bits per heavy atom. The maximum absolute atomic E-state index is 13.8. The minimum Gasteiger partial charge on any atom is -0.383 e. The molecule has 3 heterocycles. The van der Waals surface area contributed by atoms with E-state index in [9.17, 15) is 18.7 Å². The van der Waals surface area contributed by atoms with Crippen LogP contribution in [0.2, 0.25) is 0 Å². The Balaban J connectivity index is 1.24. The average molecular weight is 505 g/mol. The number of aliphatic hydroxyl groups excluding tert-OH is 1. The molecule has 0 bridgehead atoms. The van der Waals surface area contributed by atoms with Crippen molar-refractivity contribution in [1.29, 1.82) is 0 Å². The minimum absolute atomic E-state index is 0.161. The lowest BCUT2D eigenvalue weighted by Gasteiger charge is -2.35. The topological polar surface area (TPSA) is 113 Å². The number of aryl methyl sites for hydroxylation is 1. The summed E-state index contributed by atoms with van der Waals surface area (Å²) < 4.78 is 29.2. The lowest BCUT2D eigenvalue weighted by atomic mass is 10.0. The normalized spacial score (nSPS) is 18.1. The lowest BCUT2D eigenvalue weighted by molar-refractivity contribution is -0.114. The number of imidazole rings is 1. The summed E-state index contributed by atoms with van der Waals surface area (Å²) in [6.45, 7) is 1.81. The van der Waals surface area contributed by atoms with Crippen molar-refractivity contribution in [3.8, 4) is 5.69 Å². The molecule has 8 nitrogen and oxygen atoms in total. The van der Waals surface area contributed by atoms with Crippen LogP contribution in [0.1, 0.15) is 51.9 Å². The maximum Gasteiger partial charge on any atom is 0.260 e. The molecule has 1 atom stereocenters. The van der Waals surface area contributed by atoms with Crippen molar-refractivity contribution in [1.82, 2.24) is 24.6 Å². The zero-order valence-corrected chi connectivity index (χ0v) is 20.2. The molecule has 1 fully saturated rings. The number of H-pyrrole nitrogens is 1. The number of halogens is 2. The zero-order chi connectivity index (χ0) is 25.9. The smallest absolute Gasteiger partial charge is 0.260 e. The molecular weight excluding hydrogens is 478 g/mol. The third-order valence-electron chi connectivity index (χ3n) is 7.12. The maximum atomic E-state index is 13.8. The molecule has 1 unspecified atom stereocenters. The molecule has 2 aromatic heterocycles. The van der Waals surface area contributed by atoms with Crippen LogP contribution in [0.15, 0.2) is 48.2 Å². The SMILES string of the molecule is Cc1nc2ccc(-n3ncc(C(=O)C4=Cc5cc(C(O)N6CCCC(F)(F)C6)ccc5C4)c3N)cc2[nH]1. The summed E-state index contributed by atoms with van der Waals surface area (Å²) in [4.78, 5) is 22.4. The first-order chi connectivity index (χ1) is 17.7. The van der Waals surface area contributed by atoms with E-state index in [1.807, 2.05) is 31.2 Å². The van der Waals surface area contributed by atoms with Gasteiger partial charge in [-0.05, 0) is 60.4 Å². The molecule has 1 aliphatic carbocycles. The molecular formula is C27H26F2N6O2. The quantitative estimate of drug-likeness (QED) is 0.352. The van der Waals surface area contributed by atoms with Crippen LogP contribution in [0.25, 0.3) is 22.8 Å². The number of nitrogens with one attached hydrogen (secondary N) is 1. The van der Waals surface area contributed by atoms with Crippen molar-refractivity contribution in [3.05, 3.63) is 76.2 Å². The Morgan fingerprint density at radius 1 is 1.24 bits per heavy atom. The standard InChI is InChI=1S/C27H26F2N6O2/c1-15-32-22-6-5-20(12-23(22)33-15)35-25(30)21(13-31-35)24(36)19-9-16-3-4-17(10-18(16)11-19)26(37)34-8-2-7-27(28,29)14-34/h3-6,10-13,26,37H,2,7-9,14,30H2,1H3,(H,32,33). The van der Waals surface area contributed by atoms with E-state index in [2.05, 4.69) is 15.1 Å². The zero-order valence-electron chi connectivity index (χ0n) is 20.2. The Bertz CT molecular complexity index is 1570. The van der Waals surface area contributed by atoms with Gasteiger partial charge in [0.15, 0.2) is 5.78 Å².